The van der Waals surface area contributed by atoms with Crippen LogP contribution in [0, 0.1) is 5.82 Å². The van der Waals surface area contributed by atoms with Gasteiger partial charge in [-0.2, -0.15) is 0 Å². The summed E-state index contributed by atoms with van der Waals surface area (Å²) in [5, 5.41) is 8.73. The average molecular weight is 267 g/mol. The Hall–Kier alpha value is -1.91. The van der Waals surface area contributed by atoms with Gasteiger partial charge in [-0.3, -0.25) is 9.59 Å². The van der Waals surface area contributed by atoms with Gasteiger partial charge in [-0.1, -0.05) is 6.07 Å². The summed E-state index contributed by atoms with van der Waals surface area (Å²) in [6.07, 6.45) is -0.141. The van der Waals surface area contributed by atoms with E-state index in [9.17, 15) is 14.0 Å². The Labute approximate surface area is 111 Å². The van der Waals surface area contributed by atoms with E-state index in [-0.39, 0.29) is 24.4 Å². The predicted octanol–water partition coefficient (Wildman–Crippen LogP) is 2.54. The Balaban J connectivity index is 2.97. The highest BCUT2D eigenvalue weighted by Crippen LogP contribution is 2.18. The van der Waals surface area contributed by atoms with Crippen molar-refractivity contribution in [3.05, 3.63) is 35.6 Å². The summed E-state index contributed by atoms with van der Waals surface area (Å²) in [6.45, 7) is 5.53. The number of halogens is 1. The third-order valence-corrected chi connectivity index (χ3v) is 2.68. The number of aliphatic carboxylic acids is 1. The smallest absolute Gasteiger partial charge is 0.305 e. The van der Waals surface area contributed by atoms with Gasteiger partial charge in [0.2, 0.25) is 0 Å². The van der Waals surface area contributed by atoms with Crippen LogP contribution in [0.25, 0.3) is 0 Å². The van der Waals surface area contributed by atoms with Crippen LogP contribution in [0.15, 0.2) is 24.3 Å². The van der Waals surface area contributed by atoms with E-state index >= 15 is 0 Å². The first kappa shape index (κ1) is 15.1. The van der Waals surface area contributed by atoms with E-state index in [1.165, 1.54) is 23.1 Å². The SMILES string of the molecule is CC(C)(C)N(CCC(=O)O)C(=O)c1cccc(F)c1. The molecule has 1 rings (SSSR count). The normalized spacial score (nSPS) is 11.2. The predicted molar refractivity (Wildman–Crippen MR) is 69.4 cm³/mol. The molecule has 1 aromatic carbocycles. The first-order valence-corrected chi connectivity index (χ1v) is 6.01. The molecule has 0 heterocycles. The van der Waals surface area contributed by atoms with Crippen molar-refractivity contribution in [2.24, 2.45) is 0 Å². The summed E-state index contributed by atoms with van der Waals surface area (Å²) < 4.78 is 13.1. The molecule has 0 atom stereocenters. The minimum Gasteiger partial charge on any atom is -0.481 e. The van der Waals surface area contributed by atoms with Crippen LogP contribution in [0.5, 0.6) is 0 Å². The molecule has 0 fully saturated rings. The monoisotopic (exact) mass is 267 g/mol. The van der Waals surface area contributed by atoms with Gasteiger partial charge in [-0.15, -0.1) is 0 Å². The fourth-order valence-corrected chi connectivity index (χ4v) is 1.73. The number of carbonyl (C=O) groups is 2. The van der Waals surface area contributed by atoms with E-state index < -0.39 is 17.3 Å². The molecular formula is C14H18FNO3. The zero-order chi connectivity index (χ0) is 14.6. The van der Waals surface area contributed by atoms with Gasteiger partial charge in [0.15, 0.2) is 0 Å². The molecule has 0 aliphatic rings. The van der Waals surface area contributed by atoms with Gasteiger partial charge in [0.25, 0.3) is 5.91 Å². The topological polar surface area (TPSA) is 57.6 Å². The van der Waals surface area contributed by atoms with Gasteiger partial charge in [0.05, 0.1) is 6.42 Å². The van der Waals surface area contributed by atoms with Crippen molar-refractivity contribution in [3.8, 4) is 0 Å². The van der Waals surface area contributed by atoms with Crippen molar-refractivity contribution >= 4 is 11.9 Å². The number of hydrogen-bond acceptors (Lipinski definition) is 2. The number of carboxylic acids is 1. The molecule has 0 aliphatic heterocycles. The maximum absolute atomic E-state index is 13.1. The first-order valence-electron chi connectivity index (χ1n) is 6.01. The quantitative estimate of drug-likeness (QED) is 0.912. The maximum Gasteiger partial charge on any atom is 0.305 e. The van der Waals surface area contributed by atoms with Crippen LogP contribution in [0.4, 0.5) is 4.39 Å². The molecule has 0 unspecified atom stereocenters. The van der Waals surface area contributed by atoms with Gasteiger partial charge in [0, 0.05) is 17.6 Å². The lowest BCUT2D eigenvalue weighted by Crippen LogP contribution is -2.46. The molecule has 0 bridgehead atoms. The number of carboxylic acid groups (broad SMARTS) is 1. The van der Waals surface area contributed by atoms with E-state index in [4.69, 9.17) is 5.11 Å². The summed E-state index contributed by atoms with van der Waals surface area (Å²) in [7, 11) is 0. The summed E-state index contributed by atoms with van der Waals surface area (Å²) in [4.78, 5) is 24.4. The fraction of sp³-hybridized carbons (Fsp3) is 0.429. The standard InChI is InChI=1S/C14H18FNO3/c1-14(2,3)16(8-7-12(17)18)13(19)10-5-4-6-11(15)9-10/h4-6,9H,7-8H2,1-3H3,(H,17,18). The van der Waals surface area contributed by atoms with E-state index in [1.807, 2.05) is 20.8 Å². The first-order chi connectivity index (χ1) is 8.71. The van der Waals surface area contributed by atoms with E-state index in [2.05, 4.69) is 0 Å². The molecule has 4 nitrogen and oxygen atoms in total. The molecule has 1 N–H and O–H groups in total. The molecule has 5 heteroatoms. The van der Waals surface area contributed by atoms with Gasteiger partial charge in [0.1, 0.15) is 5.82 Å². The lowest BCUT2D eigenvalue weighted by molar-refractivity contribution is -0.137. The second-order valence-electron chi connectivity index (χ2n) is 5.28. The highest BCUT2D eigenvalue weighted by Gasteiger charge is 2.27. The van der Waals surface area contributed by atoms with Crippen molar-refractivity contribution in [2.75, 3.05) is 6.54 Å². The third-order valence-electron chi connectivity index (χ3n) is 2.68. The minimum atomic E-state index is -0.971. The molecule has 0 spiro atoms. The van der Waals surface area contributed by atoms with Gasteiger partial charge < -0.3 is 10.0 Å². The van der Waals surface area contributed by atoms with Crippen LogP contribution in [-0.4, -0.2) is 34.0 Å². The molecule has 0 saturated carbocycles. The Morgan fingerprint density at radius 2 is 1.95 bits per heavy atom. The van der Waals surface area contributed by atoms with Crippen LogP contribution in [0.1, 0.15) is 37.6 Å². The van der Waals surface area contributed by atoms with Gasteiger partial charge in [-0.25, -0.2) is 4.39 Å². The van der Waals surface area contributed by atoms with Crippen molar-refractivity contribution in [2.45, 2.75) is 32.7 Å². The van der Waals surface area contributed by atoms with Gasteiger partial charge >= 0.3 is 5.97 Å². The Morgan fingerprint density at radius 1 is 1.32 bits per heavy atom. The number of rotatable bonds is 4. The second-order valence-corrected chi connectivity index (χ2v) is 5.28. The molecule has 0 aromatic heterocycles. The Kier molecular flexibility index (Phi) is 4.64. The van der Waals surface area contributed by atoms with E-state index in [0.29, 0.717) is 0 Å². The summed E-state index contributed by atoms with van der Waals surface area (Å²) in [5.41, 5.74) is -0.306. The third kappa shape index (κ3) is 4.35. The average Bonchev–Trinajstić information content (AvgIpc) is 2.26. The molecule has 1 amide bonds. The molecule has 0 saturated heterocycles. The second kappa shape index (κ2) is 5.82. The zero-order valence-corrected chi connectivity index (χ0v) is 11.3. The lowest BCUT2D eigenvalue weighted by Gasteiger charge is -2.35. The summed E-state index contributed by atoms with van der Waals surface area (Å²) >= 11 is 0. The van der Waals surface area contributed by atoms with Crippen molar-refractivity contribution < 1.29 is 19.1 Å². The van der Waals surface area contributed by atoms with Crippen LogP contribution in [0.2, 0.25) is 0 Å². The number of carbonyl (C=O) groups excluding carboxylic acids is 1. The van der Waals surface area contributed by atoms with E-state index in [0.717, 1.165) is 6.07 Å². The highest BCUT2D eigenvalue weighted by molar-refractivity contribution is 5.94. The highest BCUT2D eigenvalue weighted by atomic mass is 19.1. The number of nitrogens with zero attached hydrogens (tertiary/aromatic N) is 1. The fourth-order valence-electron chi connectivity index (χ4n) is 1.73. The van der Waals surface area contributed by atoms with Crippen molar-refractivity contribution in [1.29, 1.82) is 0 Å². The van der Waals surface area contributed by atoms with Crippen molar-refractivity contribution in [3.63, 3.8) is 0 Å². The minimum absolute atomic E-state index is 0.0914. The number of hydrogen-bond donors (Lipinski definition) is 1. The molecule has 19 heavy (non-hydrogen) atoms. The molecule has 0 radical (unpaired) electrons. The number of benzene rings is 1. The molecule has 0 aliphatic carbocycles. The molecular weight excluding hydrogens is 249 g/mol. The summed E-state index contributed by atoms with van der Waals surface area (Å²) in [5.74, 6) is -1.83. The Bertz CT molecular complexity index is 480. The van der Waals surface area contributed by atoms with Crippen LogP contribution in [0.3, 0.4) is 0 Å². The molecule has 104 valence electrons. The van der Waals surface area contributed by atoms with Crippen LogP contribution < -0.4 is 0 Å². The molecule has 1 aromatic rings. The number of amides is 1. The summed E-state index contributed by atoms with van der Waals surface area (Å²) in [6, 6.07) is 5.39. The van der Waals surface area contributed by atoms with Crippen LogP contribution in [-0.2, 0) is 4.79 Å². The van der Waals surface area contributed by atoms with Crippen LogP contribution >= 0.6 is 0 Å². The maximum atomic E-state index is 13.1. The van der Waals surface area contributed by atoms with Crippen molar-refractivity contribution in [1.82, 2.24) is 4.90 Å². The zero-order valence-electron chi connectivity index (χ0n) is 11.3. The lowest BCUT2D eigenvalue weighted by atomic mass is 10.0. The Morgan fingerprint density at radius 3 is 2.42 bits per heavy atom. The van der Waals surface area contributed by atoms with E-state index in [1.54, 1.807) is 0 Å². The van der Waals surface area contributed by atoms with Gasteiger partial charge in [-0.05, 0) is 39.0 Å². The largest absolute Gasteiger partial charge is 0.481 e.